The molecule has 4 atom stereocenters. The molecule has 4 unspecified atom stereocenters. The van der Waals surface area contributed by atoms with Gasteiger partial charge in [-0.15, -0.1) is 0 Å². The zero-order chi connectivity index (χ0) is 15.1. The highest BCUT2D eigenvalue weighted by Gasteiger charge is 2.60. The van der Waals surface area contributed by atoms with Gasteiger partial charge in [-0.05, 0) is 56.3 Å². The van der Waals surface area contributed by atoms with E-state index in [1.807, 2.05) is 0 Å². The summed E-state index contributed by atoms with van der Waals surface area (Å²) in [6.45, 7) is 0. The van der Waals surface area contributed by atoms with Crippen molar-refractivity contribution in [3.05, 3.63) is 23.3 Å². The fourth-order valence-corrected chi connectivity index (χ4v) is 6.12. The molecule has 116 valence electrons. The summed E-state index contributed by atoms with van der Waals surface area (Å²) in [5, 5.41) is 0. The van der Waals surface area contributed by atoms with Crippen LogP contribution in [0.3, 0.4) is 0 Å². The number of allylic oxidation sites excluding steroid dienone is 3. The predicted octanol–water partition coefficient (Wildman–Crippen LogP) is 2.85. The molecule has 0 spiro atoms. The van der Waals surface area contributed by atoms with Crippen molar-refractivity contribution in [3.8, 4) is 0 Å². The zero-order valence-electron chi connectivity index (χ0n) is 13.0. The number of carbonyl (C=O) groups excluding carboxylic acids is 2. The van der Waals surface area contributed by atoms with E-state index >= 15 is 0 Å². The maximum absolute atomic E-state index is 13.4. The first-order chi connectivity index (χ1) is 10.7. The maximum atomic E-state index is 13.4. The molecule has 7 aliphatic rings. The smallest absolute Gasteiger partial charge is 0.166 e. The van der Waals surface area contributed by atoms with E-state index in [-0.39, 0.29) is 23.5 Å². The summed E-state index contributed by atoms with van der Waals surface area (Å²) in [5.41, 5.74) is 1.22. The Hall–Kier alpha value is -1.22. The van der Waals surface area contributed by atoms with E-state index in [1.54, 1.807) is 7.11 Å². The molecular formula is C19H22O3. The quantitative estimate of drug-likeness (QED) is 0.699. The van der Waals surface area contributed by atoms with Gasteiger partial charge in [-0.3, -0.25) is 9.59 Å². The molecule has 0 amide bonds. The lowest BCUT2D eigenvalue weighted by Crippen LogP contribution is -2.57. The Morgan fingerprint density at radius 3 is 2.09 bits per heavy atom. The number of hydrogen-bond acceptors (Lipinski definition) is 3. The normalized spacial score (nSPS) is 48.7. The van der Waals surface area contributed by atoms with Gasteiger partial charge in [-0.1, -0.05) is 12.2 Å². The predicted molar refractivity (Wildman–Crippen MR) is 81.1 cm³/mol. The second-order valence-corrected chi connectivity index (χ2v) is 7.83. The Bertz CT molecular complexity index is 633. The molecule has 2 saturated carbocycles. The van der Waals surface area contributed by atoms with Crippen LogP contribution in [-0.2, 0) is 14.3 Å². The van der Waals surface area contributed by atoms with Crippen LogP contribution in [-0.4, -0.2) is 24.3 Å². The molecule has 0 saturated heterocycles. The molecule has 0 aromatic rings. The molecule has 0 heterocycles. The van der Waals surface area contributed by atoms with Crippen molar-refractivity contribution in [2.24, 2.45) is 29.6 Å². The largest absolute Gasteiger partial charge is 0.373 e. The van der Waals surface area contributed by atoms with E-state index < -0.39 is 5.60 Å². The Kier molecular flexibility index (Phi) is 2.52. The van der Waals surface area contributed by atoms with E-state index in [9.17, 15) is 9.59 Å². The van der Waals surface area contributed by atoms with Crippen LogP contribution in [0.2, 0.25) is 0 Å². The first kappa shape index (κ1) is 13.2. The molecule has 22 heavy (non-hydrogen) atoms. The molecule has 7 rings (SSSR count). The highest BCUT2D eigenvalue weighted by molar-refractivity contribution is 6.16. The van der Waals surface area contributed by atoms with Crippen molar-refractivity contribution in [1.82, 2.24) is 0 Å². The van der Waals surface area contributed by atoms with Crippen LogP contribution in [0.1, 0.15) is 38.5 Å². The van der Waals surface area contributed by atoms with E-state index in [1.165, 1.54) is 0 Å². The summed E-state index contributed by atoms with van der Waals surface area (Å²) in [5.74, 6) is 1.27. The molecule has 2 fully saturated rings. The summed E-state index contributed by atoms with van der Waals surface area (Å²) in [6, 6.07) is 0. The number of ketones is 2. The highest BCUT2D eigenvalue weighted by Crippen LogP contribution is 2.58. The summed E-state index contributed by atoms with van der Waals surface area (Å²) < 4.78 is 5.86. The molecule has 0 N–H and O–H groups in total. The van der Waals surface area contributed by atoms with Crippen LogP contribution >= 0.6 is 0 Å². The topological polar surface area (TPSA) is 43.4 Å². The van der Waals surface area contributed by atoms with E-state index in [0.717, 1.165) is 49.7 Å². The van der Waals surface area contributed by atoms with Crippen LogP contribution in [0.5, 0.6) is 0 Å². The average Bonchev–Trinajstić information content (AvgIpc) is 2.60. The molecule has 3 nitrogen and oxygen atoms in total. The van der Waals surface area contributed by atoms with Crippen molar-refractivity contribution in [3.63, 3.8) is 0 Å². The van der Waals surface area contributed by atoms with Crippen LogP contribution in [0.25, 0.3) is 0 Å². The van der Waals surface area contributed by atoms with E-state index in [2.05, 4.69) is 12.2 Å². The Morgan fingerprint density at radius 2 is 1.55 bits per heavy atom. The number of carbonyl (C=O) groups is 2. The Morgan fingerprint density at radius 1 is 0.955 bits per heavy atom. The maximum Gasteiger partial charge on any atom is 0.166 e. The molecule has 0 radical (unpaired) electrons. The van der Waals surface area contributed by atoms with Gasteiger partial charge in [0.25, 0.3) is 0 Å². The second-order valence-electron chi connectivity index (χ2n) is 7.83. The van der Waals surface area contributed by atoms with Crippen LogP contribution in [0, 0.1) is 29.6 Å². The number of hydrogen-bond donors (Lipinski definition) is 0. The van der Waals surface area contributed by atoms with Gasteiger partial charge in [0.15, 0.2) is 11.6 Å². The number of rotatable bonds is 1. The standard InChI is InChI=1S/C19H22O3/c1-22-19-8-6-12(7-9-19)15-16(19)18(21)14-11-4-2-10(3-5-11)13(14)17(15)20/h2,4,10-14H,3,5-9H2,1H3. The lowest BCUT2D eigenvalue weighted by Gasteiger charge is -2.54. The first-order valence-corrected chi connectivity index (χ1v) is 8.73. The van der Waals surface area contributed by atoms with Gasteiger partial charge >= 0.3 is 0 Å². The third kappa shape index (κ3) is 1.37. The van der Waals surface area contributed by atoms with Crippen molar-refractivity contribution in [2.45, 2.75) is 44.1 Å². The molecule has 0 aromatic heterocycles. The minimum Gasteiger partial charge on any atom is -0.373 e. The monoisotopic (exact) mass is 298 g/mol. The lowest BCUT2D eigenvalue weighted by molar-refractivity contribution is -0.142. The van der Waals surface area contributed by atoms with Gasteiger partial charge in [0.05, 0.1) is 5.60 Å². The second kappa shape index (κ2) is 4.19. The summed E-state index contributed by atoms with van der Waals surface area (Å²) in [6.07, 6.45) is 10.4. The third-order valence-corrected chi connectivity index (χ3v) is 7.18. The van der Waals surface area contributed by atoms with Crippen LogP contribution in [0.15, 0.2) is 23.3 Å². The highest BCUT2D eigenvalue weighted by atomic mass is 16.5. The molecular weight excluding hydrogens is 276 g/mol. The van der Waals surface area contributed by atoms with Gasteiger partial charge in [0, 0.05) is 30.1 Å². The van der Waals surface area contributed by atoms with Crippen LogP contribution in [0.4, 0.5) is 0 Å². The Balaban J connectivity index is 1.71. The van der Waals surface area contributed by atoms with E-state index in [0.29, 0.717) is 17.6 Å². The SMILES string of the molecule is COC12CCC(CC1)C1=C2C(=O)C2C3C=CC(CC3)C2C1=O. The van der Waals surface area contributed by atoms with Crippen molar-refractivity contribution >= 4 is 11.6 Å². The fraction of sp³-hybridized carbons (Fsp3) is 0.684. The van der Waals surface area contributed by atoms with Gasteiger partial charge in [0.2, 0.25) is 0 Å². The van der Waals surface area contributed by atoms with Crippen molar-refractivity contribution in [2.75, 3.05) is 7.11 Å². The summed E-state index contributed by atoms with van der Waals surface area (Å²) in [7, 11) is 1.72. The third-order valence-electron chi connectivity index (χ3n) is 7.18. The minimum absolute atomic E-state index is 0.0664. The van der Waals surface area contributed by atoms with Gasteiger partial charge in [-0.2, -0.15) is 0 Å². The first-order valence-electron chi connectivity index (χ1n) is 8.73. The number of methoxy groups -OCH3 is 1. The molecule has 0 aliphatic heterocycles. The van der Waals surface area contributed by atoms with Crippen molar-refractivity contribution < 1.29 is 14.3 Å². The summed E-state index contributed by atoms with van der Waals surface area (Å²) >= 11 is 0. The van der Waals surface area contributed by atoms with Crippen LogP contribution < -0.4 is 0 Å². The molecule has 3 heteroatoms. The Labute approximate surface area is 130 Å². The zero-order valence-corrected chi connectivity index (χ0v) is 13.0. The lowest BCUT2D eigenvalue weighted by atomic mass is 9.50. The minimum atomic E-state index is -0.456. The summed E-state index contributed by atoms with van der Waals surface area (Å²) in [4.78, 5) is 26.6. The number of ether oxygens (including phenoxy) is 1. The van der Waals surface area contributed by atoms with Gasteiger partial charge < -0.3 is 4.74 Å². The van der Waals surface area contributed by atoms with Crippen molar-refractivity contribution in [1.29, 1.82) is 0 Å². The van der Waals surface area contributed by atoms with Gasteiger partial charge in [0.1, 0.15) is 0 Å². The molecule has 0 aromatic carbocycles. The number of fused-ring (bicyclic) bond motifs is 3. The van der Waals surface area contributed by atoms with Gasteiger partial charge in [-0.25, -0.2) is 0 Å². The fourth-order valence-electron chi connectivity index (χ4n) is 6.12. The van der Waals surface area contributed by atoms with E-state index in [4.69, 9.17) is 4.74 Å². The molecule has 7 aliphatic carbocycles. The average molecular weight is 298 g/mol. The number of Topliss-reactive ketones (excluding diaryl/α,β-unsaturated/α-hetero) is 2. The molecule has 4 bridgehead atoms.